The van der Waals surface area contributed by atoms with Gasteiger partial charge in [0.05, 0.1) is 5.52 Å². The lowest BCUT2D eigenvalue weighted by Crippen LogP contribution is -1.95. The summed E-state index contributed by atoms with van der Waals surface area (Å²) in [7, 11) is 0. The Kier molecular flexibility index (Phi) is 4.93. The van der Waals surface area contributed by atoms with Crippen LogP contribution in [0.15, 0.2) is 126 Å². The number of rotatable bonds is 3. The predicted octanol–water partition coefficient (Wildman–Crippen LogP) is 8.80. The second kappa shape index (κ2) is 8.43. The maximum Gasteiger partial charge on any atom is 0.169 e. The summed E-state index contributed by atoms with van der Waals surface area (Å²) in [4.78, 5) is 0. The number of nitrogens with zero attached hydrogens (tertiary/aromatic N) is 3. The van der Waals surface area contributed by atoms with Crippen LogP contribution in [0.2, 0.25) is 0 Å². The van der Waals surface area contributed by atoms with E-state index in [1.807, 2.05) is 12.1 Å². The van der Waals surface area contributed by atoms with E-state index in [-0.39, 0.29) is 0 Å². The average Bonchev–Trinajstić information content (AvgIpc) is 3.40. The van der Waals surface area contributed by atoms with Crippen LogP contribution in [0.4, 0.5) is 0 Å². The zero-order valence-corrected chi connectivity index (χ0v) is 20.9. The van der Waals surface area contributed by atoms with Crippen LogP contribution >= 0.6 is 15.9 Å². The fourth-order valence-electron chi connectivity index (χ4n) is 5.02. The third-order valence-corrected chi connectivity index (χ3v) is 7.29. The SMILES string of the molecule is Brc1ccc(-c2nnc3c4ccccc4c4cc(-c5cccc(-c6ccccc6)c5)ccc4n23)cc1. The van der Waals surface area contributed by atoms with E-state index in [0.29, 0.717) is 0 Å². The van der Waals surface area contributed by atoms with Crippen molar-refractivity contribution in [2.24, 2.45) is 0 Å². The van der Waals surface area contributed by atoms with Crippen molar-refractivity contribution in [3.05, 3.63) is 126 Å². The van der Waals surface area contributed by atoms with Crippen LogP contribution in [-0.4, -0.2) is 14.6 Å². The first-order chi connectivity index (χ1) is 17.8. The summed E-state index contributed by atoms with van der Waals surface area (Å²) in [6, 6.07) is 42.7. The maximum atomic E-state index is 4.62. The normalized spacial score (nSPS) is 11.5. The molecule has 0 aliphatic rings. The van der Waals surface area contributed by atoms with Crippen LogP contribution in [0.1, 0.15) is 0 Å². The zero-order chi connectivity index (χ0) is 24.1. The van der Waals surface area contributed by atoms with Gasteiger partial charge in [-0.25, -0.2) is 0 Å². The van der Waals surface area contributed by atoms with Gasteiger partial charge in [0, 0.05) is 20.8 Å². The van der Waals surface area contributed by atoms with Gasteiger partial charge in [-0.05, 0) is 58.0 Å². The highest BCUT2D eigenvalue weighted by Gasteiger charge is 2.16. The largest absolute Gasteiger partial charge is 0.274 e. The number of pyridine rings is 1. The molecule has 0 saturated heterocycles. The third kappa shape index (κ3) is 3.42. The van der Waals surface area contributed by atoms with Crippen molar-refractivity contribution < 1.29 is 0 Å². The molecule has 0 radical (unpaired) electrons. The molecule has 2 heterocycles. The van der Waals surface area contributed by atoms with E-state index >= 15 is 0 Å². The summed E-state index contributed by atoms with van der Waals surface area (Å²) >= 11 is 3.54. The predicted molar refractivity (Wildman–Crippen MR) is 152 cm³/mol. The van der Waals surface area contributed by atoms with Crippen molar-refractivity contribution in [2.45, 2.75) is 0 Å². The van der Waals surface area contributed by atoms with Gasteiger partial charge in [0.1, 0.15) is 0 Å². The lowest BCUT2D eigenvalue weighted by atomic mass is 9.96. The standard InChI is InChI=1S/C32H20BrN3/c33-26-16-13-22(14-17-26)31-34-35-32-28-12-5-4-11-27(28)29-20-25(15-18-30(29)36(31)32)24-10-6-9-23(19-24)21-7-2-1-3-8-21/h1-20H. The van der Waals surface area contributed by atoms with Gasteiger partial charge in [-0.2, -0.15) is 0 Å². The van der Waals surface area contributed by atoms with E-state index in [1.54, 1.807) is 0 Å². The van der Waals surface area contributed by atoms with Gasteiger partial charge in [0.2, 0.25) is 0 Å². The Labute approximate surface area is 216 Å². The molecule has 170 valence electrons. The molecule has 0 fully saturated rings. The summed E-state index contributed by atoms with van der Waals surface area (Å²) in [6.07, 6.45) is 0. The van der Waals surface area contributed by atoms with E-state index in [1.165, 1.54) is 33.0 Å². The molecular formula is C32H20BrN3. The van der Waals surface area contributed by atoms with Crippen LogP contribution in [0.25, 0.3) is 61.0 Å². The molecule has 0 aliphatic heterocycles. The van der Waals surface area contributed by atoms with Crippen LogP contribution in [0.3, 0.4) is 0 Å². The molecule has 0 amide bonds. The topological polar surface area (TPSA) is 30.2 Å². The monoisotopic (exact) mass is 525 g/mol. The fourth-order valence-corrected chi connectivity index (χ4v) is 5.29. The number of fused-ring (bicyclic) bond motifs is 6. The second-order valence-corrected chi connectivity index (χ2v) is 9.83. The van der Waals surface area contributed by atoms with Crippen LogP contribution in [0.5, 0.6) is 0 Å². The van der Waals surface area contributed by atoms with Crippen molar-refractivity contribution in [3.8, 4) is 33.6 Å². The molecule has 0 aliphatic carbocycles. The molecule has 0 N–H and O–H groups in total. The number of aromatic nitrogens is 3. The van der Waals surface area contributed by atoms with E-state index in [9.17, 15) is 0 Å². The van der Waals surface area contributed by atoms with Crippen molar-refractivity contribution in [1.29, 1.82) is 0 Å². The van der Waals surface area contributed by atoms with Crippen molar-refractivity contribution in [1.82, 2.24) is 14.6 Å². The number of hydrogen-bond donors (Lipinski definition) is 0. The van der Waals surface area contributed by atoms with Gasteiger partial charge < -0.3 is 0 Å². The van der Waals surface area contributed by atoms with Gasteiger partial charge in [-0.1, -0.05) is 107 Å². The van der Waals surface area contributed by atoms with E-state index < -0.39 is 0 Å². The van der Waals surface area contributed by atoms with E-state index in [0.717, 1.165) is 32.4 Å². The van der Waals surface area contributed by atoms with Gasteiger partial charge >= 0.3 is 0 Å². The fraction of sp³-hybridized carbons (Fsp3) is 0. The van der Waals surface area contributed by atoms with Crippen LogP contribution < -0.4 is 0 Å². The number of benzene rings is 5. The van der Waals surface area contributed by atoms with Crippen molar-refractivity contribution in [2.75, 3.05) is 0 Å². The smallest absolute Gasteiger partial charge is 0.169 e. The highest BCUT2D eigenvalue weighted by atomic mass is 79.9. The van der Waals surface area contributed by atoms with Crippen molar-refractivity contribution in [3.63, 3.8) is 0 Å². The summed E-state index contributed by atoms with van der Waals surface area (Å²) in [5.74, 6) is 0.840. The first-order valence-corrected chi connectivity index (χ1v) is 12.7. The molecular weight excluding hydrogens is 506 g/mol. The molecule has 7 rings (SSSR count). The first kappa shape index (κ1) is 21.0. The maximum absolute atomic E-state index is 4.62. The molecule has 2 aromatic heterocycles. The quantitative estimate of drug-likeness (QED) is 0.216. The molecule has 7 aromatic rings. The van der Waals surface area contributed by atoms with E-state index in [4.69, 9.17) is 0 Å². The first-order valence-electron chi connectivity index (χ1n) is 11.9. The van der Waals surface area contributed by atoms with Gasteiger partial charge in [-0.3, -0.25) is 4.40 Å². The summed E-state index contributed by atoms with van der Waals surface area (Å²) in [5.41, 5.74) is 7.80. The molecule has 3 nitrogen and oxygen atoms in total. The molecule has 36 heavy (non-hydrogen) atoms. The third-order valence-electron chi connectivity index (χ3n) is 6.76. The average molecular weight is 526 g/mol. The van der Waals surface area contributed by atoms with Gasteiger partial charge in [0.15, 0.2) is 11.5 Å². The summed E-state index contributed by atoms with van der Waals surface area (Å²) in [6.45, 7) is 0. The second-order valence-electron chi connectivity index (χ2n) is 8.91. The van der Waals surface area contributed by atoms with Crippen molar-refractivity contribution >= 4 is 43.3 Å². The molecule has 4 heteroatoms. The Bertz CT molecular complexity index is 1890. The molecule has 0 saturated carbocycles. The minimum atomic E-state index is 0.840. The summed E-state index contributed by atoms with van der Waals surface area (Å²) in [5, 5.41) is 12.7. The minimum Gasteiger partial charge on any atom is -0.274 e. The molecule has 0 spiro atoms. The lowest BCUT2D eigenvalue weighted by molar-refractivity contribution is 1.12. The molecule has 5 aromatic carbocycles. The highest BCUT2D eigenvalue weighted by molar-refractivity contribution is 9.10. The van der Waals surface area contributed by atoms with Gasteiger partial charge in [0.25, 0.3) is 0 Å². The number of halogens is 1. The lowest BCUT2D eigenvalue weighted by Gasteiger charge is -2.12. The molecule has 0 atom stereocenters. The summed E-state index contributed by atoms with van der Waals surface area (Å²) < 4.78 is 3.23. The Hall–Kier alpha value is -4.28. The molecule has 0 bridgehead atoms. The van der Waals surface area contributed by atoms with Gasteiger partial charge in [-0.15, -0.1) is 10.2 Å². The highest BCUT2D eigenvalue weighted by Crippen LogP contribution is 2.35. The Morgan fingerprint density at radius 1 is 0.472 bits per heavy atom. The Morgan fingerprint density at radius 3 is 1.92 bits per heavy atom. The van der Waals surface area contributed by atoms with E-state index in [2.05, 4.69) is 140 Å². The Balaban J connectivity index is 1.49. The van der Waals surface area contributed by atoms with Crippen LogP contribution in [-0.2, 0) is 0 Å². The molecule has 0 unspecified atom stereocenters. The minimum absolute atomic E-state index is 0.840. The number of hydrogen-bond acceptors (Lipinski definition) is 2. The Morgan fingerprint density at radius 2 is 1.11 bits per heavy atom. The van der Waals surface area contributed by atoms with Crippen LogP contribution in [0, 0.1) is 0 Å². The zero-order valence-electron chi connectivity index (χ0n) is 19.3.